The van der Waals surface area contributed by atoms with E-state index in [4.69, 9.17) is 4.98 Å². The molecule has 126 valence electrons. The second-order valence-corrected chi connectivity index (χ2v) is 7.14. The van der Waals surface area contributed by atoms with E-state index >= 15 is 0 Å². The summed E-state index contributed by atoms with van der Waals surface area (Å²) in [4.78, 5) is 7.26. The number of halogens is 1. The third kappa shape index (κ3) is 3.56. The predicted octanol–water partition coefficient (Wildman–Crippen LogP) is 4.96. The molecule has 1 aromatic heterocycles. The zero-order valence-corrected chi connectivity index (χ0v) is 15.5. The van der Waals surface area contributed by atoms with Gasteiger partial charge in [0.05, 0.1) is 0 Å². The number of nitrogens with zero attached hydrogens (tertiary/aromatic N) is 4. The van der Waals surface area contributed by atoms with E-state index < -0.39 is 0 Å². The van der Waals surface area contributed by atoms with E-state index in [2.05, 4.69) is 43.2 Å². The average molecular weight is 395 g/mol. The van der Waals surface area contributed by atoms with Crippen LogP contribution in [-0.4, -0.2) is 28.3 Å². The third-order valence-electron chi connectivity index (χ3n) is 4.47. The van der Waals surface area contributed by atoms with Crippen molar-refractivity contribution < 1.29 is 0 Å². The van der Waals surface area contributed by atoms with E-state index in [0.29, 0.717) is 5.82 Å². The first-order valence-electron chi connectivity index (χ1n) is 8.62. The van der Waals surface area contributed by atoms with Gasteiger partial charge in [-0.05, 0) is 31.4 Å². The molecule has 0 unspecified atom stereocenters. The monoisotopic (exact) mass is 394 g/mol. The lowest BCUT2D eigenvalue weighted by Gasteiger charge is -2.29. The number of hydrogen-bond acceptors (Lipinski definition) is 4. The van der Waals surface area contributed by atoms with E-state index in [0.717, 1.165) is 40.2 Å². The van der Waals surface area contributed by atoms with Crippen LogP contribution in [0.2, 0.25) is 0 Å². The molecule has 25 heavy (non-hydrogen) atoms. The van der Waals surface area contributed by atoms with Crippen LogP contribution in [0.1, 0.15) is 19.3 Å². The molecule has 2 heterocycles. The number of anilines is 1. The summed E-state index contributed by atoms with van der Waals surface area (Å²) in [5, 5.41) is 8.96. The fourth-order valence-electron chi connectivity index (χ4n) is 3.15. The van der Waals surface area contributed by atoms with Crippen molar-refractivity contribution in [2.75, 3.05) is 18.0 Å². The standard InChI is InChI=1S/C20H19BrN4/c21-17-11-9-16(10-12-17)19-22-20(25-13-5-2-6-14-25)18(23-24-19)15-7-3-1-4-8-15/h1,3-4,7-12H,2,5-6,13-14H2. The molecule has 3 aromatic rings. The molecule has 0 N–H and O–H groups in total. The van der Waals surface area contributed by atoms with Gasteiger partial charge >= 0.3 is 0 Å². The summed E-state index contributed by atoms with van der Waals surface area (Å²) < 4.78 is 1.04. The predicted molar refractivity (Wildman–Crippen MR) is 104 cm³/mol. The first-order valence-corrected chi connectivity index (χ1v) is 9.41. The molecular weight excluding hydrogens is 376 g/mol. The summed E-state index contributed by atoms with van der Waals surface area (Å²) in [6, 6.07) is 18.2. The quantitative estimate of drug-likeness (QED) is 0.629. The normalized spacial score (nSPS) is 14.5. The third-order valence-corrected chi connectivity index (χ3v) is 5.00. The Balaban J connectivity index is 1.80. The maximum atomic E-state index is 4.91. The van der Waals surface area contributed by atoms with Crippen LogP contribution in [-0.2, 0) is 0 Å². The van der Waals surface area contributed by atoms with Gasteiger partial charge in [0, 0.05) is 28.7 Å². The van der Waals surface area contributed by atoms with Crippen LogP contribution in [0, 0.1) is 0 Å². The Labute approximate surface area is 156 Å². The minimum Gasteiger partial charge on any atom is -0.355 e. The van der Waals surface area contributed by atoms with Crippen molar-refractivity contribution in [3.05, 3.63) is 59.1 Å². The molecule has 4 nitrogen and oxygen atoms in total. The van der Waals surface area contributed by atoms with Gasteiger partial charge in [-0.3, -0.25) is 0 Å². The number of rotatable bonds is 3. The summed E-state index contributed by atoms with van der Waals surface area (Å²) in [6.07, 6.45) is 3.69. The summed E-state index contributed by atoms with van der Waals surface area (Å²) >= 11 is 3.47. The van der Waals surface area contributed by atoms with Crippen molar-refractivity contribution in [3.8, 4) is 22.6 Å². The van der Waals surface area contributed by atoms with Gasteiger partial charge in [0.25, 0.3) is 0 Å². The molecule has 2 aromatic carbocycles. The second kappa shape index (κ2) is 7.31. The highest BCUT2D eigenvalue weighted by molar-refractivity contribution is 9.10. The maximum absolute atomic E-state index is 4.91. The Hall–Kier alpha value is -2.27. The van der Waals surface area contributed by atoms with Crippen LogP contribution in [0.5, 0.6) is 0 Å². The largest absolute Gasteiger partial charge is 0.355 e. The molecule has 0 bridgehead atoms. The first-order chi connectivity index (χ1) is 12.3. The molecule has 0 amide bonds. The van der Waals surface area contributed by atoms with Crippen molar-refractivity contribution in [2.45, 2.75) is 19.3 Å². The SMILES string of the molecule is Brc1ccc(-c2nnc(-c3ccccc3)c(N3CCCCC3)n2)cc1. The van der Waals surface area contributed by atoms with Gasteiger partial charge in [0.1, 0.15) is 5.69 Å². The molecule has 1 aliphatic heterocycles. The van der Waals surface area contributed by atoms with Crippen LogP contribution >= 0.6 is 15.9 Å². The molecule has 4 rings (SSSR count). The number of piperidine rings is 1. The molecule has 5 heteroatoms. The summed E-state index contributed by atoms with van der Waals surface area (Å²) in [5.74, 6) is 1.62. The zero-order valence-electron chi connectivity index (χ0n) is 13.9. The van der Waals surface area contributed by atoms with Crippen LogP contribution in [0.4, 0.5) is 5.82 Å². The number of benzene rings is 2. The van der Waals surface area contributed by atoms with Gasteiger partial charge < -0.3 is 4.90 Å². The highest BCUT2D eigenvalue weighted by atomic mass is 79.9. The summed E-state index contributed by atoms with van der Waals surface area (Å²) in [6.45, 7) is 2.05. The minimum absolute atomic E-state index is 0.674. The molecular formula is C20H19BrN4. The number of hydrogen-bond donors (Lipinski definition) is 0. The van der Waals surface area contributed by atoms with Gasteiger partial charge in [-0.1, -0.05) is 58.4 Å². The molecule has 1 aliphatic rings. The molecule has 1 saturated heterocycles. The summed E-state index contributed by atoms with van der Waals surface area (Å²) in [5.41, 5.74) is 2.90. The van der Waals surface area contributed by atoms with E-state index in [1.165, 1.54) is 19.3 Å². The second-order valence-electron chi connectivity index (χ2n) is 6.23. The van der Waals surface area contributed by atoms with E-state index in [1.807, 2.05) is 42.5 Å². The fourth-order valence-corrected chi connectivity index (χ4v) is 3.41. The van der Waals surface area contributed by atoms with Gasteiger partial charge in [-0.25, -0.2) is 4.98 Å². The van der Waals surface area contributed by atoms with Crippen molar-refractivity contribution in [1.29, 1.82) is 0 Å². The zero-order chi connectivity index (χ0) is 17.1. The van der Waals surface area contributed by atoms with Crippen molar-refractivity contribution in [2.24, 2.45) is 0 Å². The lowest BCUT2D eigenvalue weighted by molar-refractivity contribution is 0.572. The van der Waals surface area contributed by atoms with Crippen LogP contribution in [0.25, 0.3) is 22.6 Å². The van der Waals surface area contributed by atoms with Gasteiger partial charge in [0.2, 0.25) is 0 Å². The Bertz CT molecular complexity index is 843. The Morgan fingerprint density at radius 1 is 0.760 bits per heavy atom. The lowest BCUT2D eigenvalue weighted by Crippen LogP contribution is -2.31. The van der Waals surface area contributed by atoms with Gasteiger partial charge in [0.15, 0.2) is 11.6 Å². The topological polar surface area (TPSA) is 41.9 Å². The van der Waals surface area contributed by atoms with Gasteiger partial charge in [-0.15, -0.1) is 10.2 Å². The fraction of sp³-hybridized carbons (Fsp3) is 0.250. The molecule has 1 fully saturated rings. The van der Waals surface area contributed by atoms with Crippen LogP contribution in [0.3, 0.4) is 0 Å². The lowest BCUT2D eigenvalue weighted by atomic mass is 10.1. The maximum Gasteiger partial charge on any atom is 0.183 e. The van der Waals surface area contributed by atoms with Crippen molar-refractivity contribution >= 4 is 21.7 Å². The van der Waals surface area contributed by atoms with Crippen molar-refractivity contribution in [3.63, 3.8) is 0 Å². The minimum atomic E-state index is 0.674. The van der Waals surface area contributed by atoms with Gasteiger partial charge in [-0.2, -0.15) is 0 Å². The Morgan fingerprint density at radius 2 is 1.48 bits per heavy atom. The van der Waals surface area contributed by atoms with Crippen LogP contribution < -0.4 is 4.90 Å². The Morgan fingerprint density at radius 3 is 2.20 bits per heavy atom. The van der Waals surface area contributed by atoms with E-state index in [1.54, 1.807) is 0 Å². The summed E-state index contributed by atoms with van der Waals surface area (Å²) in [7, 11) is 0. The van der Waals surface area contributed by atoms with Crippen LogP contribution in [0.15, 0.2) is 59.1 Å². The highest BCUT2D eigenvalue weighted by Gasteiger charge is 2.20. The van der Waals surface area contributed by atoms with E-state index in [-0.39, 0.29) is 0 Å². The molecule has 0 saturated carbocycles. The first kappa shape index (κ1) is 16.2. The molecule has 0 radical (unpaired) electrons. The Kier molecular flexibility index (Phi) is 4.74. The molecule has 0 atom stereocenters. The van der Waals surface area contributed by atoms with E-state index in [9.17, 15) is 0 Å². The van der Waals surface area contributed by atoms with Crippen molar-refractivity contribution in [1.82, 2.24) is 15.2 Å². The molecule has 0 aliphatic carbocycles. The average Bonchev–Trinajstić information content (AvgIpc) is 2.69. The number of aromatic nitrogens is 3. The molecule has 0 spiro atoms. The smallest absolute Gasteiger partial charge is 0.183 e. The highest BCUT2D eigenvalue weighted by Crippen LogP contribution is 2.30.